The van der Waals surface area contributed by atoms with E-state index in [9.17, 15) is 4.79 Å². The molecule has 0 radical (unpaired) electrons. The maximum Gasteiger partial charge on any atom is 0.255 e. The predicted molar refractivity (Wildman–Crippen MR) is 92.5 cm³/mol. The van der Waals surface area contributed by atoms with Crippen LogP contribution in [0.1, 0.15) is 22.5 Å². The van der Waals surface area contributed by atoms with E-state index in [1.165, 1.54) is 0 Å². The van der Waals surface area contributed by atoms with E-state index in [4.69, 9.17) is 0 Å². The zero-order valence-corrected chi connectivity index (χ0v) is 14.0. The summed E-state index contributed by atoms with van der Waals surface area (Å²) in [4.78, 5) is 16.9. The van der Waals surface area contributed by atoms with Crippen LogP contribution in [0, 0.1) is 6.92 Å². The molecule has 0 unspecified atom stereocenters. The quantitative estimate of drug-likeness (QED) is 0.699. The average Bonchev–Trinajstić information content (AvgIpc) is 2.97. The van der Waals surface area contributed by atoms with Gasteiger partial charge in [0, 0.05) is 32.4 Å². The molecule has 3 aromatic heterocycles. The molecule has 3 aromatic rings. The molecule has 0 N–H and O–H groups in total. The third kappa shape index (κ3) is 3.15. The second-order valence-corrected chi connectivity index (χ2v) is 6.18. The highest BCUT2D eigenvalue weighted by Gasteiger charge is 2.21. The van der Waals surface area contributed by atoms with Crippen molar-refractivity contribution in [2.24, 2.45) is 0 Å². The summed E-state index contributed by atoms with van der Waals surface area (Å²) in [7, 11) is 0. The van der Waals surface area contributed by atoms with Crippen LogP contribution in [0.5, 0.6) is 0 Å². The lowest BCUT2D eigenvalue weighted by atomic mass is 10.2. The molecule has 0 aliphatic carbocycles. The topological polar surface area (TPSA) is 79.5 Å². The largest absolute Gasteiger partial charge is 0.353 e. The molecule has 1 saturated heterocycles. The van der Waals surface area contributed by atoms with Crippen LogP contribution in [0.4, 0.5) is 5.82 Å². The van der Waals surface area contributed by atoms with E-state index in [-0.39, 0.29) is 5.91 Å². The summed E-state index contributed by atoms with van der Waals surface area (Å²) < 4.78 is 1.76. The predicted octanol–water partition coefficient (Wildman–Crippen LogP) is 1.18. The van der Waals surface area contributed by atoms with Crippen molar-refractivity contribution in [3.8, 4) is 0 Å². The number of carbonyl (C=O) groups is 1. The maximum absolute atomic E-state index is 12.8. The fraction of sp³-hybridized carbons (Fsp3) is 0.353. The molecular formula is C17H19N7O. The van der Waals surface area contributed by atoms with Crippen LogP contribution in [-0.2, 0) is 0 Å². The number of aryl methyl sites for hydroxylation is 1. The van der Waals surface area contributed by atoms with Gasteiger partial charge in [0.25, 0.3) is 5.91 Å². The Morgan fingerprint density at radius 1 is 1.00 bits per heavy atom. The molecule has 4 heterocycles. The standard InChI is InChI=1S/C17H19N7O/c1-13-3-5-16(21-19-13)22-7-2-8-23(10-9-22)17(25)14-4-6-15-20-18-12-24(15)11-14/h3-6,11-12H,2,7-10H2,1H3. The monoisotopic (exact) mass is 337 g/mol. The van der Waals surface area contributed by atoms with E-state index in [0.29, 0.717) is 12.1 Å². The number of pyridine rings is 1. The maximum atomic E-state index is 12.8. The van der Waals surface area contributed by atoms with E-state index >= 15 is 0 Å². The Morgan fingerprint density at radius 2 is 1.92 bits per heavy atom. The van der Waals surface area contributed by atoms with Gasteiger partial charge in [-0.3, -0.25) is 9.20 Å². The van der Waals surface area contributed by atoms with Gasteiger partial charge >= 0.3 is 0 Å². The number of fused-ring (bicyclic) bond motifs is 1. The highest BCUT2D eigenvalue weighted by Crippen LogP contribution is 2.15. The van der Waals surface area contributed by atoms with Crippen molar-refractivity contribution in [3.05, 3.63) is 48.0 Å². The molecule has 128 valence electrons. The number of carbonyl (C=O) groups excluding carboxylic acids is 1. The third-order valence-electron chi connectivity index (χ3n) is 4.43. The van der Waals surface area contributed by atoms with Crippen LogP contribution in [0.15, 0.2) is 36.8 Å². The number of hydrogen-bond acceptors (Lipinski definition) is 6. The number of hydrogen-bond donors (Lipinski definition) is 0. The van der Waals surface area contributed by atoms with Gasteiger partial charge in [-0.05, 0) is 37.6 Å². The molecule has 8 nitrogen and oxygen atoms in total. The normalized spacial score (nSPS) is 15.4. The van der Waals surface area contributed by atoms with Crippen LogP contribution >= 0.6 is 0 Å². The minimum Gasteiger partial charge on any atom is -0.353 e. The summed E-state index contributed by atoms with van der Waals surface area (Å²) in [6.45, 7) is 4.93. The van der Waals surface area contributed by atoms with E-state index in [1.807, 2.05) is 30.0 Å². The fourth-order valence-corrected chi connectivity index (χ4v) is 3.05. The van der Waals surface area contributed by atoms with Gasteiger partial charge in [-0.15, -0.1) is 15.3 Å². The Morgan fingerprint density at radius 3 is 2.76 bits per heavy atom. The van der Waals surface area contributed by atoms with Gasteiger partial charge < -0.3 is 9.80 Å². The molecular weight excluding hydrogens is 318 g/mol. The smallest absolute Gasteiger partial charge is 0.255 e. The Balaban J connectivity index is 1.48. The summed E-state index contributed by atoms with van der Waals surface area (Å²) in [6.07, 6.45) is 4.29. The lowest BCUT2D eigenvalue weighted by molar-refractivity contribution is 0.0766. The van der Waals surface area contributed by atoms with Crippen LogP contribution in [0.25, 0.3) is 5.65 Å². The SMILES string of the molecule is Cc1ccc(N2CCCN(C(=O)c3ccc4nncn4c3)CC2)nn1. The summed E-state index contributed by atoms with van der Waals surface area (Å²) in [5, 5.41) is 16.2. The van der Waals surface area contributed by atoms with Crippen LogP contribution < -0.4 is 4.90 Å². The second kappa shape index (κ2) is 6.46. The van der Waals surface area contributed by atoms with Crippen molar-refractivity contribution < 1.29 is 4.79 Å². The van der Waals surface area contributed by atoms with Crippen molar-refractivity contribution in [2.75, 3.05) is 31.1 Å². The molecule has 1 aliphatic heterocycles. The first-order valence-corrected chi connectivity index (χ1v) is 8.35. The molecule has 8 heteroatoms. The van der Waals surface area contributed by atoms with Crippen LogP contribution in [-0.4, -0.2) is 61.8 Å². The van der Waals surface area contributed by atoms with E-state index in [1.54, 1.807) is 23.0 Å². The van der Waals surface area contributed by atoms with E-state index < -0.39 is 0 Å². The van der Waals surface area contributed by atoms with Crippen molar-refractivity contribution in [1.29, 1.82) is 0 Å². The Kier molecular flexibility index (Phi) is 4.01. The number of nitrogens with zero attached hydrogens (tertiary/aromatic N) is 7. The molecule has 0 saturated carbocycles. The molecule has 1 aliphatic rings. The Bertz CT molecular complexity index is 889. The Hall–Kier alpha value is -3.03. The van der Waals surface area contributed by atoms with Gasteiger partial charge in [-0.2, -0.15) is 5.10 Å². The van der Waals surface area contributed by atoms with Gasteiger partial charge in [-0.1, -0.05) is 0 Å². The first kappa shape index (κ1) is 15.5. The van der Waals surface area contributed by atoms with Gasteiger partial charge in [0.05, 0.1) is 11.3 Å². The molecule has 1 amide bonds. The summed E-state index contributed by atoms with van der Waals surface area (Å²) in [5.74, 6) is 0.901. The molecule has 4 rings (SSSR count). The summed E-state index contributed by atoms with van der Waals surface area (Å²) in [5.41, 5.74) is 2.28. The van der Waals surface area contributed by atoms with Crippen molar-refractivity contribution in [3.63, 3.8) is 0 Å². The molecule has 0 atom stereocenters. The second-order valence-electron chi connectivity index (χ2n) is 6.18. The first-order valence-electron chi connectivity index (χ1n) is 8.35. The molecule has 0 bridgehead atoms. The van der Waals surface area contributed by atoms with Gasteiger partial charge in [0.1, 0.15) is 6.33 Å². The lowest BCUT2D eigenvalue weighted by Crippen LogP contribution is -2.35. The Labute approximate surface area is 145 Å². The average molecular weight is 337 g/mol. The summed E-state index contributed by atoms with van der Waals surface area (Å²) in [6, 6.07) is 7.57. The van der Waals surface area contributed by atoms with E-state index in [0.717, 1.165) is 43.2 Å². The molecule has 25 heavy (non-hydrogen) atoms. The number of aromatic nitrogens is 5. The third-order valence-corrected chi connectivity index (χ3v) is 4.43. The van der Waals surface area contributed by atoms with Gasteiger partial charge in [0.15, 0.2) is 11.5 Å². The minimum atomic E-state index is 0.0347. The van der Waals surface area contributed by atoms with Crippen molar-refractivity contribution in [2.45, 2.75) is 13.3 Å². The lowest BCUT2D eigenvalue weighted by Gasteiger charge is -2.22. The number of amides is 1. The van der Waals surface area contributed by atoms with Crippen molar-refractivity contribution >= 4 is 17.4 Å². The van der Waals surface area contributed by atoms with Gasteiger partial charge in [0.2, 0.25) is 0 Å². The van der Waals surface area contributed by atoms with Crippen molar-refractivity contribution in [1.82, 2.24) is 29.7 Å². The van der Waals surface area contributed by atoms with Gasteiger partial charge in [-0.25, -0.2) is 0 Å². The summed E-state index contributed by atoms with van der Waals surface area (Å²) >= 11 is 0. The molecule has 1 fully saturated rings. The molecule has 0 spiro atoms. The van der Waals surface area contributed by atoms with Crippen LogP contribution in [0.2, 0.25) is 0 Å². The first-order chi connectivity index (χ1) is 12.2. The molecule has 0 aromatic carbocycles. The highest BCUT2D eigenvalue weighted by atomic mass is 16.2. The van der Waals surface area contributed by atoms with Crippen LogP contribution in [0.3, 0.4) is 0 Å². The fourth-order valence-electron chi connectivity index (χ4n) is 3.05. The number of rotatable bonds is 2. The van der Waals surface area contributed by atoms with E-state index in [2.05, 4.69) is 25.3 Å². The zero-order valence-electron chi connectivity index (χ0n) is 14.0. The number of anilines is 1. The minimum absolute atomic E-state index is 0.0347. The highest BCUT2D eigenvalue weighted by molar-refractivity contribution is 5.94. The zero-order chi connectivity index (χ0) is 17.2.